The van der Waals surface area contributed by atoms with E-state index in [2.05, 4.69) is 11.9 Å². The average molecular weight is 126 g/mol. The van der Waals surface area contributed by atoms with Crippen LogP contribution >= 0.6 is 0 Å². The van der Waals surface area contributed by atoms with Crippen LogP contribution in [-0.2, 0) is 0 Å². The molecule has 0 unspecified atom stereocenters. The number of hydrogen-bond donors (Lipinski definition) is 2. The third kappa shape index (κ3) is 5.11. The molecular weight excluding hydrogens is 112 g/mol. The lowest BCUT2D eigenvalue weighted by Gasteiger charge is -1.96. The molecule has 2 nitrogen and oxygen atoms in total. The molecule has 0 aliphatic rings. The fourth-order valence-corrected chi connectivity index (χ4v) is 0.375. The molecule has 9 heavy (non-hydrogen) atoms. The van der Waals surface area contributed by atoms with Crippen molar-refractivity contribution in [2.45, 2.75) is 6.92 Å². The summed E-state index contributed by atoms with van der Waals surface area (Å²) in [6, 6.07) is 0. The van der Waals surface area contributed by atoms with Gasteiger partial charge in [0.25, 0.3) is 0 Å². The van der Waals surface area contributed by atoms with Crippen LogP contribution in [0.3, 0.4) is 0 Å². The van der Waals surface area contributed by atoms with Crippen LogP contribution in [0.1, 0.15) is 6.92 Å². The molecular formula is C7H14N2. The Morgan fingerprint density at radius 1 is 1.78 bits per heavy atom. The van der Waals surface area contributed by atoms with E-state index < -0.39 is 0 Å². The van der Waals surface area contributed by atoms with Crippen LogP contribution < -0.4 is 11.1 Å². The van der Waals surface area contributed by atoms with Crippen molar-refractivity contribution in [3.63, 3.8) is 0 Å². The van der Waals surface area contributed by atoms with E-state index in [1.807, 2.05) is 13.1 Å². The van der Waals surface area contributed by atoms with Crippen molar-refractivity contribution in [1.82, 2.24) is 5.32 Å². The normalized spacial score (nSPS) is 11.1. The third-order valence-electron chi connectivity index (χ3n) is 0.933. The van der Waals surface area contributed by atoms with Gasteiger partial charge in [0.1, 0.15) is 0 Å². The predicted octanol–water partition coefficient (Wildman–Crippen LogP) is 0.625. The van der Waals surface area contributed by atoms with E-state index >= 15 is 0 Å². The topological polar surface area (TPSA) is 38.0 Å². The first kappa shape index (κ1) is 8.24. The first-order valence-electron chi connectivity index (χ1n) is 3.01. The van der Waals surface area contributed by atoms with E-state index in [0.717, 1.165) is 12.1 Å². The highest BCUT2D eigenvalue weighted by molar-refractivity contribution is 4.98. The van der Waals surface area contributed by atoms with E-state index in [0.29, 0.717) is 6.54 Å². The molecule has 0 saturated carbocycles. The van der Waals surface area contributed by atoms with E-state index in [9.17, 15) is 0 Å². The maximum atomic E-state index is 5.32. The summed E-state index contributed by atoms with van der Waals surface area (Å²) in [5.74, 6) is 0. The fourth-order valence-electron chi connectivity index (χ4n) is 0.375. The minimum Gasteiger partial charge on any atom is -0.387 e. The van der Waals surface area contributed by atoms with Crippen molar-refractivity contribution in [3.8, 4) is 0 Å². The van der Waals surface area contributed by atoms with Gasteiger partial charge in [-0.2, -0.15) is 0 Å². The van der Waals surface area contributed by atoms with Crippen molar-refractivity contribution in [2.75, 3.05) is 13.1 Å². The molecule has 0 aromatic heterocycles. The van der Waals surface area contributed by atoms with E-state index in [-0.39, 0.29) is 0 Å². The van der Waals surface area contributed by atoms with Gasteiger partial charge >= 0.3 is 0 Å². The van der Waals surface area contributed by atoms with E-state index in [4.69, 9.17) is 5.73 Å². The molecule has 0 rings (SSSR count). The summed E-state index contributed by atoms with van der Waals surface area (Å²) >= 11 is 0. The van der Waals surface area contributed by atoms with Gasteiger partial charge in [-0.1, -0.05) is 6.08 Å². The summed E-state index contributed by atoms with van der Waals surface area (Å²) in [7, 11) is 0. The van der Waals surface area contributed by atoms with E-state index in [1.165, 1.54) is 0 Å². The summed E-state index contributed by atoms with van der Waals surface area (Å²) < 4.78 is 0. The summed E-state index contributed by atoms with van der Waals surface area (Å²) in [6.45, 7) is 6.96. The smallest absolute Gasteiger partial charge is 0.0322 e. The molecule has 3 N–H and O–H groups in total. The first-order chi connectivity index (χ1) is 4.31. The van der Waals surface area contributed by atoms with Gasteiger partial charge in [-0.05, 0) is 18.7 Å². The average Bonchev–Trinajstić information content (AvgIpc) is 1.89. The van der Waals surface area contributed by atoms with Gasteiger partial charge < -0.3 is 11.1 Å². The molecule has 0 aliphatic heterocycles. The van der Waals surface area contributed by atoms with Crippen molar-refractivity contribution in [2.24, 2.45) is 5.73 Å². The molecule has 0 aliphatic carbocycles. The lowest BCUT2D eigenvalue weighted by molar-refractivity contribution is 0.955. The lowest BCUT2D eigenvalue weighted by atomic mass is 10.3. The SMILES string of the molecule is C=CCN/C=C(/C)CN. The zero-order valence-corrected chi connectivity index (χ0v) is 5.85. The van der Waals surface area contributed by atoms with Crippen molar-refractivity contribution < 1.29 is 0 Å². The Morgan fingerprint density at radius 2 is 2.44 bits per heavy atom. The molecule has 0 atom stereocenters. The van der Waals surface area contributed by atoms with Gasteiger partial charge in [0, 0.05) is 13.1 Å². The minimum atomic E-state index is 0.615. The van der Waals surface area contributed by atoms with Crippen molar-refractivity contribution in [1.29, 1.82) is 0 Å². The summed E-state index contributed by atoms with van der Waals surface area (Å²) in [4.78, 5) is 0. The van der Waals surface area contributed by atoms with Crippen molar-refractivity contribution in [3.05, 3.63) is 24.4 Å². The summed E-state index contributed by atoms with van der Waals surface area (Å²) in [6.07, 6.45) is 3.71. The zero-order chi connectivity index (χ0) is 7.11. The molecule has 0 bridgehead atoms. The van der Waals surface area contributed by atoms with Crippen LogP contribution in [0.2, 0.25) is 0 Å². The molecule has 0 heterocycles. The summed E-state index contributed by atoms with van der Waals surface area (Å²) in [5.41, 5.74) is 6.47. The molecule has 0 spiro atoms. The van der Waals surface area contributed by atoms with Gasteiger partial charge in [-0.25, -0.2) is 0 Å². The predicted molar refractivity (Wildman–Crippen MR) is 41.0 cm³/mol. The first-order valence-corrected chi connectivity index (χ1v) is 3.01. The molecule has 0 aromatic carbocycles. The zero-order valence-electron chi connectivity index (χ0n) is 5.85. The second kappa shape index (κ2) is 5.38. The monoisotopic (exact) mass is 126 g/mol. The summed E-state index contributed by atoms with van der Waals surface area (Å²) in [5, 5.41) is 3.03. The quantitative estimate of drug-likeness (QED) is 0.428. The fraction of sp³-hybridized carbons (Fsp3) is 0.429. The van der Waals surface area contributed by atoms with E-state index in [1.54, 1.807) is 6.08 Å². The van der Waals surface area contributed by atoms with Crippen molar-refractivity contribution >= 4 is 0 Å². The van der Waals surface area contributed by atoms with Crippen LogP contribution in [0.5, 0.6) is 0 Å². The van der Waals surface area contributed by atoms with Crippen LogP contribution in [0.15, 0.2) is 24.4 Å². The Hall–Kier alpha value is -0.760. The molecule has 0 saturated heterocycles. The van der Waals surface area contributed by atoms with Gasteiger partial charge in [0.2, 0.25) is 0 Å². The number of nitrogens with two attached hydrogens (primary N) is 1. The Morgan fingerprint density at radius 3 is 2.89 bits per heavy atom. The molecule has 0 amide bonds. The Labute approximate surface area is 56.4 Å². The van der Waals surface area contributed by atoms with Crippen LogP contribution in [0.25, 0.3) is 0 Å². The molecule has 52 valence electrons. The largest absolute Gasteiger partial charge is 0.387 e. The third-order valence-corrected chi connectivity index (χ3v) is 0.933. The van der Waals surface area contributed by atoms with Crippen LogP contribution in [-0.4, -0.2) is 13.1 Å². The Balaban J connectivity index is 3.31. The lowest BCUT2D eigenvalue weighted by Crippen LogP contribution is -2.08. The Kier molecular flexibility index (Phi) is 4.92. The molecule has 0 aromatic rings. The van der Waals surface area contributed by atoms with Gasteiger partial charge in [0.15, 0.2) is 0 Å². The maximum Gasteiger partial charge on any atom is 0.0322 e. The van der Waals surface area contributed by atoms with Gasteiger partial charge in [0.05, 0.1) is 0 Å². The number of nitrogens with one attached hydrogen (secondary N) is 1. The number of rotatable bonds is 4. The molecule has 0 fully saturated rings. The highest BCUT2D eigenvalue weighted by Crippen LogP contribution is 1.82. The van der Waals surface area contributed by atoms with Gasteiger partial charge in [-0.15, -0.1) is 6.58 Å². The minimum absolute atomic E-state index is 0.615. The van der Waals surface area contributed by atoms with Gasteiger partial charge in [-0.3, -0.25) is 0 Å². The second-order valence-corrected chi connectivity index (χ2v) is 1.89. The Bertz CT molecular complexity index is 105. The molecule has 0 radical (unpaired) electrons. The van der Waals surface area contributed by atoms with Crippen LogP contribution in [0.4, 0.5) is 0 Å². The highest BCUT2D eigenvalue weighted by atomic mass is 14.8. The second-order valence-electron chi connectivity index (χ2n) is 1.89. The maximum absolute atomic E-state index is 5.32. The molecule has 2 heteroatoms. The highest BCUT2D eigenvalue weighted by Gasteiger charge is 1.78. The standard InChI is InChI=1S/C7H14N2/c1-3-4-9-6-7(2)5-8/h3,6,9H,1,4-5,8H2,2H3/b7-6-. The number of hydrogen-bond acceptors (Lipinski definition) is 2. The van der Waals surface area contributed by atoms with Crippen LogP contribution in [0, 0.1) is 0 Å².